The molecular formula is C18H18N2O3S. The molecule has 0 radical (unpaired) electrons. The first kappa shape index (κ1) is 16.3. The van der Waals surface area contributed by atoms with E-state index in [1.165, 1.54) is 11.3 Å². The topological polar surface area (TPSA) is 60.5 Å². The maximum atomic E-state index is 12.2. The molecule has 1 aromatic heterocycles. The summed E-state index contributed by atoms with van der Waals surface area (Å²) in [5.74, 6) is 1.18. The van der Waals surface area contributed by atoms with Crippen molar-refractivity contribution < 1.29 is 14.3 Å². The highest BCUT2D eigenvalue weighted by atomic mass is 32.1. The average Bonchev–Trinajstić information content (AvgIpc) is 2.94. The van der Waals surface area contributed by atoms with Crippen LogP contribution >= 0.6 is 11.3 Å². The Bertz CT molecular complexity index is 848. The Balaban J connectivity index is 1.78. The Hall–Kier alpha value is -2.60. The number of aromatic nitrogens is 1. The molecule has 0 aliphatic rings. The number of aryl methyl sites for hydroxylation is 1. The molecule has 0 saturated heterocycles. The molecule has 0 saturated carbocycles. The number of thiazole rings is 1. The molecule has 3 aromatic rings. The Morgan fingerprint density at radius 2 is 1.92 bits per heavy atom. The smallest absolute Gasteiger partial charge is 0.230 e. The monoisotopic (exact) mass is 342 g/mol. The summed E-state index contributed by atoms with van der Waals surface area (Å²) in [5, 5.41) is 3.43. The lowest BCUT2D eigenvalue weighted by molar-refractivity contribution is -0.115. The number of carbonyl (C=O) groups excluding carboxylic acids is 1. The van der Waals surface area contributed by atoms with Crippen LogP contribution in [0.1, 0.15) is 11.1 Å². The predicted molar refractivity (Wildman–Crippen MR) is 96.2 cm³/mol. The van der Waals surface area contributed by atoms with Gasteiger partial charge >= 0.3 is 0 Å². The standard InChI is InChI=1S/C18H18N2O3S/c1-11-5-4-6-12(7-11)8-17(21)20-18-19-13-9-14(22-2)15(23-3)10-16(13)24-18/h4-7,9-10H,8H2,1-3H3,(H,19,20,21). The van der Waals surface area contributed by atoms with E-state index in [2.05, 4.69) is 10.3 Å². The van der Waals surface area contributed by atoms with Gasteiger partial charge in [0.1, 0.15) is 0 Å². The van der Waals surface area contributed by atoms with Crippen molar-refractivity contribution in [2.24, 2.45) is 0 Å². The van der Waals surface area contributed by atoms with E-state index >= 15 is 0 Å². The summed E-state index contributed by atoms with van der Waals surface area (Å²) in [6, 6.07) is 11.6. The van der Waals surface area contributed by atoms with Gasteiger partial charge < -0.3 is 14.8 Å². The number of hydrogen-bond acceptors (Lipinski definition) is 5. The average molecular weight is 342 g/mol. The molecule has 0 atom stereocenters. The summed E-state index contributed by atoms with van der Waals surface area (Å²) in [4.78, 5) is 16.7. The number of hydrogen-bond donors (Lipinski definition) is 1. The molecule has 6 heteroatoms. The zero-order valence-electron chi connectivity index (χ0n) is 13.8. The zero-order chi connectivity index (χ0) is 17.1. The number of rotatable bonds is 5. The lowest BCUT2D eigenvalue weighted by atomic mass is 10.1. The Kier molecular flexibility index (Phi) is 4.66. The van der Waals surface area contributed by atoms with Crippen LogP contribution in [0.5, 0.6) is 11.5 Å². The quantitative estimate of drug-likeness (QED) is 0.766. The molecule has 0 aliphatic carbocycles. The van der Waals surface area contributed by atoms with E-state index in [0.717, 1.165) is 21.3 Å². The Morgan fingerprint density at radius 3 is 2.62 bits per heavy atom. The number of carbonyl (C=O) groups is 1. The van der Waals surface area contributed by atoms with E-state index in [9.17, 15) is 4.79 Å². The minimum absolute atomic E-state index is 0.0846. The van der Waals surface area contributed by atoms with Gasteiger partial charge in [-0.05, 0) is 12.5 Å². The van der Waals surface area contributed by atoms with Gasteiger partial charge in [-0.3, -0.25) is 4.79 Å². The van der Waals surface area contributed by atoms with Crippen LogP contribution in [-0.2, 0) is 11.2 Å². The second kappa shape index (κ2) is 6.88. The van der Waals surface area contributed by atoms with Crippen molar-refractivity contribution in [3.05, 3.63) is 47.5 Å². The summed E-state index contributed by atoms with van der Waals surface area (Å²) >= 11 is 1.41. The van der Waals surface area contributed by atoms with Gasteiger partial charge in [0, 0.05) is 12.1 Å². The van der Waals surface area contributed by atoms with Gasteiger partial charge in [0.05, 0.1) is 30.9 Å². The fourth-order valence-electron chi connectivity index (χ4n) is 2.48. The number of benzene rings is 2. The largest absolute Gasteiger partial charge is 0.493 e. The molecular weight excluding hydrogens is 324 g/mol. The molecule has 0 spiro atoms. The number of nitrogens with zero attached hydrogens (tertiary/aromatic N) is 1. The lowest BCUT2D eigenvalue weighted by Crippen LogP contribution is -2.14. The normalized spacial score (nSPS) is 10.6. The molecule has 5 nitrogen and oxygen atoms in total. The summed E-state index contributed by atoms with van der Waals surface area (Å²) in [7, 11) is 3.18. The first-order chi connectivity index (χ1) is 11.6. The van der Waals surface area contributed by atoms with Crippen LogP contribution < -0.4 is 14.8 Å². The minimum Gasteiger partial charge on any atom is -0.493 e. The van der Waals surface area contributed by atoms with Gasteiger partial charge in [0.25, 0.3) is 0 Å². The Labute approximate surface area is 144 Å². The van der Waals surface area contributed by atoms with E-state index < -0.39 is 0 Å². The number of amides is 1. The van der Waals surface area contributed by atoms with Crippen molar-refractivity contribution in [1.29, 1.82) is 0 Å². The van der Waals surface area contributed by atoms with Gasteiger partial charge in [-0.15, -0.1) is 0 Å². The first-order valence-electron chi connectivity index (χ1n) is 7.47. The van der Waals surface area contributed by atoms with Gasteiger partial charge in [-0.2, -0.15) is 0 Å². The van der Waals surface area contributed by atoms with Crippen molar-refractivity contribution in [1.82, 2.24) is 4.98 Å². The predicted octanol–water partition coefficient (Wildman–Crippen LogP) is 3.80. The fraction of sp³-hybridized carbons (Fsp3) is 0.222. The van der Waals surface area contributed by atoms with E-state index in [1.807, 2.05) is 37.3 Å². The molecule has 1 amide bonds. The zero-order valence-corrected chi connectivity index (χ0v) is 14.6. The molecule has 0 aliphatic heterocycles. The van der Waals surface area contributed by atoms with Gasteiger partial charge in [-0.1, -0.05) is 41.2 Å². The number of nitrogens with one attached hydrogen (secondary N) is 1. The van der Waals surface area contributed by atoms with Crippen molar-refractivity contribution >= 4 is 32.6 Å². The molecule has 0 fully saturated rings. The molecule has 2 aromatic carbocycles. The molecule has 124 valence electrons. The van der Waals surface area contributed by atoms with Crippen molar-refractivity contribution in [3.63, 3.8) is 0 Å². The van der Waals surface area contributed by atoms with Crippen LogP contribution in [0.3, 0.4) is 0 Å². The van der Waals surface area contributed by atoms with Gasteiger partial charge in [0.15, 0.2) is 16.6 Å². The number of ether oxygens (including phenoxy) is 2. The third-order valence-electron chi connectivity index (χ3n) is 3.59. The molecule has 1 N–H and O–H groups in total. The molecule has 0 unspecified atom stereocenters. The highest BCUT2D eigenvalue weighted by molar-refractivity contribution is 7.22. The fourth-order valence-corrected chi connectivity index (χ4v) is 3.37. The molecule has 1 heterocycles. The number of anilines is 1. The highest BCUT2D eigenvalue weighted by Crippen LogP contribution is 2.36. The number of fused-ring (bicyclic) bond motifs is 1. The second-order valence-corrected chi connectivity index (χ2v) is 6.44. The minimum atomic E-state index is -0.0846. The first-order valence-corrected chi connectivity index (χ1v) is 8.28. The molecule has 0 bridgehead atoms. The van der Waals surface area contributed by atoms with E-state index in [1.54, 1.807) is 20.3 Å². The Morgan fingerprint density at radius 1 is 1.17 bits per heavy atom. The van der Waals surface area contributed by atoms with Gasteiger partial charge in [-0.25, -0.2) is 4.98 Å². The van der Waals surface area contributed by atoms with E-state index in [4.69, 9.17) is 9.47 Å². The maximum Gasteiger partial charge on any atom is 0.230 e. The van der Waals surface area contributed by atoms with Crippen LogP contribution in [-0.4, -0.2) is 25.1 Å². The molecule has 24 heavy (non-hydrogen) atoms. The molecule has 3 rings (SSSR count). The van der Waals surface area contributed by atoms with Crippen LogP contribution in [0.15, 0.2) is 36.4 Å². The third-order valence-corrected chi connectivity index (χ3v) is 4.52. The summed E-state index contributed by atoms with van der Waals surface area (Å²) < 4.78 is 11.5. The maximum absolute atomic E-state index is 12.2. The summed E-state index contributed by atoms with van der Waals surface area (Å²) in [6.45, 7) is 2.01. The van der Waals surface area contributed by atoms with Crippen LogP contribution in [0.2, 0.25) is 0 Å². The van der Waals surface area contributed by atoms with E-state index in [-0.39, 0.29) is 5.91 Å². The SMILES string of the molecule is COc1cc2nc(NC(=O)Cc3cccc(C)c3)sc2cc1OC. The summed E-state index contributed by atoms with van der Waals surface area (Å²) in [5.41, 5.74) is 2.89. The van der Waals surface area contributed by atoms with Crippen molar-refractivity contribution in [3.8, 4) is 11.5 Å². The van der Waals surface area contributed by atoms with Crippen LogP contribution in [0.25, 0.3) is 10.2 Å². The highest BCUT2D eigenvalue weighted by Gasteiger charge is 2.12. The second-order valence-electron chi connectivity index (χ2n) is 5.41. The lowest BCUT2D eigenvalue weighted by Gasteiger charge is -2.05. The van der Waals surface area contributed by atoms with Gasteiger partial charge in [0.2, 0.25) is 5.91 Å². The van der Waals surface area contributed by atoms with E-state index in [0.29, 0.717) is 23.1 Å². The number of methoxy groups -OCH3 is 2. The van der Waals surface area contributed by atoms with Crippen molar-refractivity contribution in [2.75, 3.05) is 19.5 Å². The van der Waals surface area contributed by atoms with Crippen LogP contribution in [0, 0.1) is 6.92 Å². The van der Waals surface area contributed by atoms with Crippen molar-refractivity contribution in [2.45, 2.75) is 13.3 Å². The summed E-state index contributed by atoms with van der Waals surface area (Å²) in [6.07, 6.45) is 0.324. The van der Waals surface area contributed by atoms with Crippen LogP contribution in [0.4, 0.5) is 5.13 Å². The third kappa shape index (κ3) is 3.49.